The average molecular weight is 231 g/mol. The Balaban J connectivity index is 1.90. The molecule has 0 aromatic heterocycles. The molecule has 0 bridgehead atoms. The van der Waals surface area contributed by atoms with Gasteiger partial charge < -0.3 is 5.32 Å². The molecule has 1 aromatic rings. The number of rotatable bonds is 4. The molecule has 0 spiro atoms. The number of hydrogen-bond acceptors (Lipinski definition) is 1. The van der Waals surface area contributed by atoms with Crippen LogP contribution in [0.1, 0.15) is 40.2 Å². The van der Waals surface area contributed by atoms with Crippen LogP contribution in [-0.4, -0.2) is 6.04 Å². The molecule has 1 aliphatic carbocycles. The molecule has 1 aromatic carbocycles. The highest BCUT2D eigenvalue weighted by Gasteiger charge is 2.66. The van der Waals surface area contributed by atoms with Gasteiger partial charge in [-0.1, -0.05) is 58.0 Å². The van der Waals surface area contributed by atoms with Crippen molar-refractivity contribution < 1.29 is 0 Å². The Bertz CT molecular complexity index is 364. The van der Waals surface area contributed by atoms with Crippen molar-refractivity contribution in [1.29, 1.82) is 0 Å². The zero-order valence-electron chi connectivity index (χ0n) is 11.7. The summed E-state index contributed by atoms with van der Waals surface area (Å²) in [6.45, 7) is 12.8. The largest absolute Gasteiger partial charge is 0.310 e. The molecule has 0 saturated heterocycles. The summed E-state index contributed by atoms with van der Waals surface area (Å²) in [6, 6.07) is 11.2. The number of nitrogens with one attached hydrogen (secondary N) is 1. The summed E-state index contributed by atoms with van der Waals surface area (Å²) in [5, 5.41) is 3.67. The number of benzene rings is 1. The van der Waals surface area contributed by atoms with Crippen LogP contribution in [0.2, 0.25) is 0 Å². The smallest absolute Gasteiger partial charge is 0.0208 e. The summed E-state index contributed by atoms with van der Waals surface area (Å²) >= 11 is 0. The first-order valence-corrected chi connectivity index (χ1v) is 6.64. The van der Waals surface area contributed by atoms with Crippen molar-refractivity contribution >= 4 is 0 Å². The first-order valence-electron chi connectivity index (χ1n) is 6.64. The quantitative estimate of drug-likeness (QED) is 0.830. The Labute approximate surface area is 106 Å². The molecule has 0 aliphatic heterocycles. The third-order valence-corrected chi connectivity index (χ3v) is 5.10. The van der Waals surface area contributed by atoms with Gasteiger partial charge >= 0.3 is 0 Å². The van der Waals surface area contributed by atoms with Crippen LogP contribution in [0.15, 0.2) is 30.3 Å². The zero-order valence-corrected chi connectivity index (χ0v) is 11.7. The van der Waals surface area contributed by atoms with Crippen LogP contribution in [0.25, 0.3) is 0 Å². The first-order chi connectivity index (χ1) is 7.87. The van der Waals surface area contributed by atoms with Gasteiger partial charge in [-0.2, -0.15) is 0 Å². The van der Waals surface area contributed by atoms with Crippen molar-refractivity contribution in [2.24, 2.45) is 16.7 Å². The normalized spacial score (nSPS) is 23.4. The molecule has 1 fully saturated rings. The summed E-state index contributed by atoms with van der Waals surface area (Å²) in [5.41, 5.74) is 2.31. The third kappa shape index (κ3) is 2.13. The minimum absolute atomic E-state index is 0.468. The Morgan fingerprint density at radius 1 is 1.06 bits per heavy atom. The molecular formula is C16H25N. The Kier molecular flexibility index (Phi) is 3.07. The van der Waals surface area contributed by atoms with Crippen LogP contribution in [-0.2, 0) is 6.54 Å². The van der Waals surface area contributed by atoms with Gasteiger partial charge in [0.05, 0.1) is 0 Å². The Morgan fingerprint density at radius 3 is 2.06 bits per heavy atom. The minimum Gasteiger partial charge on any atom is -0.310 e. The van der Waals surface area contributed by atoms with Gasteiger partial charge in [0, 0.05) is 12.6 Å². The molecule has 0 radical (unpaired) electrons. The van der Waals surface area contributed by atoms with Crippen molar-refractivity contribution in [1.82, 2.24) is 5.32 Å². The van der Waals surface area contributed by atoms with E-state index in [0.717, 1.165) is 12.5 Å². The fourth-order valence-electron chi connectivity index (χ4n) is 3.49. The van der Waals surface area contributed by atoms with Crippen LogP contribution in [0, 0.1) is 16.7 Å². The van der Waals surface area contributed by atoms with Crippen LogP contribution < -0.4 is 5.32 Å². The van der Waals surface area contributed by atoms with Gasteiger partial charge in [0.15, 0.2) is 0 Å². The molecule has 1 aliphatic rings. The summed E-state index contributed by atoms with van der Waals surface area (Å²) in [4.78, 5) is 0. The van der Waals surface area contributed by atoms with E-state index < -0.39 is 0 Å². The average Bonchev–Trinajstić information content (AvgIpc) is 2.68. The third-order valence-electron chi connectivity index (χ3n) is 5.10. The summed E-state index contributed by atoms with van der Waals surface area (Å²) < 4.78 is 0. The second kappa shape index (κ2) is 4.13. The summed E-state index contributed by atoms with van der Waals surface area (Å²) in [6.07, 6.45) is 0. The lowest BCUT2D eigenvalue weighted by Gasteiger charge is -2.16. The second-order valence-corrected chi connectivity index (χ2v) is 6.58. The highest BCUT2D eigenvalue weighted by atomic mass is 15.0. The highest BCUT2D eigenvalue weighted by molar-refractivity contribution is 5.17. The molecule has 0 unspecified atom stereocenters. The maximum absolute atomic E-state index is 3.67. The molecule has 1 atom stereocenters. The molecule has 94 valence electrons. The van der Waals surface area contributed by atoms with Gasteiger partial charge in [-0.25, -0.2) is 0 Å². The first kappa shape index (κ1) is 12.6. The fourth-order valence-corrected chi connectivity index (χ4v) is 3.49. The second-order valence-electron chi connectivity index (χ2n) is 6.58. The van der Waals surface area contributed by atoms with E-state index in [4.69, 9.17) is 0 Å². The van der Waals surface area contributed by atoms with Crippen molar-refractivity contribution in [3.63, 3.8) is 0 Å². The van der Waals surface area contributed by atoms with E-state index in [-0.39, 0.29) is 0 Å². The molecule has 0 amide bonds. The molecule has 1 N–H and O–H groups in total. The Hall–Kier alpha value is -0.820. The van der Waals surface area contributed by atoms with Gasteiger partial charge in [-0.3, -0.25) is 0 Å². The molecule has 17 heavy (non-hydrogen) atoms. The lowest BCUT2D eigenvalue weighted by Crippen LogP contribution is -2.29. The van der Waals surface area contributed by atoms with Crippen molar-refractivity contribution in [2.75, 3.05) is 0 Å². The van der Waals surface area contributed by atoms with E-state index in [1.54, 1.807) is 0 Å². The van der Waals surface area contributed by atoms with Gasteiger partial charge in [-0.05, 0) is 29.2 Å². The lowest BCUT2D eigenvalue weighted by molar-refractivity contribution is 0.423. The molecule has 2 rings (SSSR count). The molecular weight excluding hydrogens is 206 g/mol. The predicted molar refractivity (Wildman–Crippen MR) is 73.8 cm³/mol. The van der Waals surface area contributed by atoms with E-state index in [9.17, 15) is 0 Å². The van der Waals surface area contributed by atoms with Gasteiger partial charge in [0.1, 0.15) is 0 Å². The maximum atomic E-state index is 3.67. The molecule has 1 saturated carbocycles. The SMILES string of the molecule is C[C@@H](NCc1ccccc1)C1C(C)(C)C1(C)C. The van der Waals surface area contributed by atoms with Crippen molar-refractivity contribution in [3.05, 3.63) is 35.9 Å². The Morgan fingerprint density at radius 2 is 1.59 bits per heavy atom. The van der Waals surface area contributed by atoms with Crippen LogP contribution >= 0.6 is 0 Å². The van der Waals surface area contributed by atoms with Crippen molar-refractivity contribution in [3.8, 4) is 0 Å². The van der Waals surface area contributed by atoms with Gasteiger partial charge in [0.2, 0.25) is 0 Å². The van der Waals surface area contributed by atoms with Crippen molar-refractivity contribution in [2.45, 2.75) is 47.2 Å². The van der Waals surface area contributed by atoms with Crippen LogP contribution in [0.3, 0.4) is 0 Å². The van der Waals surface area contributed by atoms with Crippen LogP contribution in [0.4, 0.5) is 0 Å². The lowest BCUT2D eigenvalue weighted by atomic mass is 10.0. The van der Waals surface area contributed by atoms with E-state index in [0.29, 0.717) is 16.9 Å². The number of hydrogen-bond donors (Lipinski definition) is 1. The standard InChI is InChI=1S/C16H25N/c1-12(14-15(2,3)16(14,4)5)17-11-13-9-7-6-8-10-13/h6-10,12,14,17H,11H2,1-5H3/t12-/m1/s1. The molecule has 1 heteroatoms. The van der Waals surface area contributed by atoms with Gasteiger partial charge in [-0.15, -0.1) is 0 Å². The maximum Gasteiger partial charge on any atom is 0.0208 e. The van der Waals surface area contributed by atoms with Gasteiger partial charge in [0.25, 0.3) is 0 Å². The van der Waals surface area contributed by atoms with Crippen LogP contribution in [0.5, 0.6) is 0 Å². The summed E-state index contributed by atoms with van der Waals surface area (Å²) in [5.74, 6) is 0.777. The highest BCUT2D eigenvalue weighted by Crippen LogP contribution is 2.69. The fraction of sp³-hybridized carbons (Fsp3) is 0.625. The molecule has 0 heterocycles. The van der Waals surface area contributed by atoms with E-state index in [1.807, 2.05) is 0 Å². The predicted octanol–water partition coefficient (Wildman–Crippen LogP) is 3.85. The van der Waals surface area contributed by atoms with E-state index in [1.165, 1.54) is 5.56 Å². The minimum atomic E-state index is 0.468. The topological polar surface area (TPSA) is 12.0 Å². The monoisotopic (exact) mass is 231 g/mol. The zero-order chi connectivity index (χ0) is 12.7. The van der Waals surface area contributed by atoms with E-state index >= 15 is 0 Å². The summed E-state index contributed by atoms with van der Waals surface area (Å²) in [7, 11) is 0. The van der Waals surface area contributed by atoms with E-state index in [2.05, 4.69) is 70.3 Å². The molecule has 1 nitrogen and oxygen atoms in total.